The van der Waals surface area contributed by atoms with Crippen molar-refractivity contribution in [3.63, 3.8) is 0 Å². The number of hydrogen-bond donors (Lipinski definition) is 1. The van der Waals surface area contributed by atoms with Crippen LogP contribution in [0.5, 0.6) is 0 Å². The van der Waals surface area contributed by atoms with Gasteiger partial charge in [-0.1, -0.05) is 11.3 Å². The Morgan fingerprint density at radius 1 is 0.974 bits per heavy atom. The fourth-order valence-corrected chi connectivity index (χ4v) is 5.79. The second-order valence-corrected chi connectivity index (χ2v) is 10.9. The van der Waals surface area contributed by atoms with Crippen molar-refractivity contribution in [3.8, 4) is 22.0 Å². The van der Waals surface area contributed by atoms with Crippen LogP contribution in [0.4, 0.5) is 20.9 Å². The molecule has 4 heterocycles. The van der Waals surface area contributed by atoms with E-state index in [0.29, 0.717) is 6.04 Å². The highest BCUT2D eigenvalue weighted by atomic mass is 32.1. The van der Waals surface area contributed by atoms with Gasteiger partial charge in [0.15, 0.2) is 5.01 Å². The highest BCUT2D eigenvalue weighted by Crippen LogP contribution is 2.44. The van der Waals surface area contributed by atoms with Crippen LogP contribution in [0.15, 0.2) is 60.9 Å². The molecule has 38 heavy (non-hydrogen) atoms. The van der Waals surface area contributed by atoms with E-state index in [1.165, 1.54) is 23.5 Å². The lowest BCUT2D eigenvalue weighted by molar-refractivity contribution is 0.313. The fraction of sp³-hybridized carbons (Fsp3) is 0.286. The number of piperazine rings is 1. The van der Waals surface area contributed by atoms with Gasteiger partial charge in [0, 0.05) is 55.7 Å². The van der Waals surface area contributed by atoms with Crippen LogP contribution in [0.2, 0.25) is 0 Å². The number of nitrogens with zero attached hydrogens (tertiary/aromatic N) is 7. The molecule has 192 valence electrons. The van der Waals surface area contributed by atoms with Gasteiger partial charge in [-0.3, -0.25) is 4.98 Å². The molecule has 0 unspecified atom stereocenters. The summed E-state index contributed by atoms with van der Waals surface area (Å²) in [7, 11) is 2.16. The summed E-state index contributed by atoms with van der Waals surface area (Å²) in [6, 6.07) is 15.3. The maximum atomic E-state index is 13.7. The van der Waals surface area contributed by atoms with Gasteiger partial charge < -0.3 is 19.7 Å². The third-order valence-corrected chi connectivity index (χ3v) is 8.13. The first-order valence-corrected chi connectivity index (χ1v) is 13.7. The van der Waals surface area contributed by atoms with E-state index >= 15 is 0 Å². The lowest BCUT2D eigenvalue weighted by atomic mass is 10.2. The minimum Gasteiger partial charge on any atom is -0.367 e. The Balaban J connectivity index is 1.33. The number of likely N-dealkylation sites (N-methyl/N-ethyl adjacent to an activating group) is 1. The van der Waals surface area contributed by atoms with E-state index < -0.39 is 0 Å². The molecule has 1 aliphatic carbocycles. The van der Waals surface area contributed by atoms with Crippen LogP contribution in [-0.4, -0.2) is 62.9 Å². The molecular weight excluding hydrogens is 499 g/mol. The first-order valence-electron chi connectivity index (χ1n) is 12.9. The van der Waals surface area contributed by atoms with Gasteiger partial charge in [0.25, 0.3) is 0 Å². The molecule has 0 amide bonds. The van der Waals surface area contributed by atoms with E-state index in [4.69, 9.17) is 4.98 Å². The monoisotopic (exact) mass is 526 g/mol. The number of pyridine rings is 1. The molecule has 1 aliphatic heterocycles. The molecule has 0 radical (unpaired) electrons. The summed E-state index contributed by atoms with van der Waals surface area (Å²) in [4.78, 5) is 14.1. The number of hydrogen-bond acceptors (Lipinski definition) is 8. The zero-order chi connectivity index (χ0) is 25.6. The van der Waals surface area contributed by atoms with Crippen molar-refractivity contribution in [3.05, 3.63) is 66.7 Å². The molecule has 8 nitrogen and oxygen atoms in total. The van der Waals surface area contributed by atoms with Crippen molar-refractivity contribution in [1.29, 1.82) is 0 Å². The summed E-state index contributed by atoms with van der Waals surface area (Å²) in [5, 5.41) is 13.9. The molecule has 5 aromatic rings. The van der Waals surface area contributed by atoms with Crippen LogP contribution < -0.4 is 10.2 Å². The zero-order valence-electron chi connectivity index (χ0n) is 21.0. The van der Waals surface area contributed by atoms with Gasteiger partial charge in [-0.05, 0) is 68.4 Å². The van der Waals surface area contributed by atoms with Gasteiger partial charge in [0.05, 0.1) is 22.4 Å². The van der Waals surface area contributed by atoms with Crippen molar-refractivity contribution in [2.24, 2.45) is 0 Å². The van der Waals surface area contributed by atoms with Gasteiger partial charge in [-0.15, -0.1) is 10.2 Å². The first-order chi connectivity index (χ1) is 18.6. The smallest absolute Gasteiger partial charge is 0.210 e. The SMILES string of the molecule is CN1CCN(c2cc3c(cc2Nc2nnc(-c4cccnc4)s2)nc(-c2ccc(F)cc2)n3C2CC2)CC1. The van der Waals surface area contributed by atoms with Crippen molar-refractivity contribution >= 4 is 38.9 Å². The van der Waals surface area contributed by atoms with Crippen LogP contribution in [0, 0.1) is 5.82 Å². The molecule has 2 aromatic carbocycles. The van der Waals surface area contributed by atoms with E-state index in [0.717, 1.165) is 88.5 Å². The predicted molar refractivity (Wildman–Crippen MR) is 150 cm³/mol. The molecule has 7 rings (SSSR count). The number of aromatic nitrogens is 5. The van der Waals surface area contributed by atoms with Crippen LogP contribution in [0.3, 0.4) is 0 Å². The molecule has 3 aromatic heterocycles. The van der Waals surface area contributed by atoms with E-state index in [9.17, 15) is 4.39 Å². The Hall–Kier alpha value is -3.89. The van der Waals surface area contributed by atoms with Crippen LogP contribution in [-0.2, 0) is 0 Å². The maximum Gasteiger partial charge on any atom is 0.210 e. The van der Waals surface area contributed by atoms with Gasteiger partial charge in [-0.25, -0.2) is 9.37 Å². The Labute approximate surface area is 223 Å². The molecule has 1 saturated heterocycles. The number of nitrogens with one attached hydrogen (secondary N) is 1. The summed E-state index contributed by atoms with van der Waals surface area (Å²) < 4.78 is 16.0. The normalized spacial score (nSPS) is 16.3. The second-order valence-electron chi connectivity index (χ2n) is 9.97. The van der Waals surface area contributed by atoms with Gasteiger partial charge in [0.1, 0.15) is 11.6 Å². The Bertz CT molecular complexity index is 1580. The Morgan fingerprint density at radius 2 is 1.79 bits per heavy atom. The van der Waals surface area contributed by atoms with Crippen LogP contribution >= 0.6 is 11.3 Å². The largest absolute Gasteiger partial charge is 0.367 e. The van der Waals surface area contributed by atoms with Crippen molar-refractivity contribution in [2.45, 2.75) is 18.9 Å². The molecule has 10 heteroatoms. The Kier molecular flexibility index (Phi) is 5.78. The predicted octanol–water partition coefficient (Wildman–Crippen LogP) is 5.59. The molecular formula is C28H27FN8S. The van der Waals surface area contributed by atoms with Crippen molar-refractivity contribution < 1.29 is 4.39 Å². The van der Waals surface area contributed by atoms with Gasteiger partial charge >= 0.3 is 0 Å². The molecule has 1 N–H and O–H groups in total. The average Bonchev–Trinajstić information content (AvgIpc) is 3.55. The topological polar surface area (TPSA) is 75.0 Å². The number of halogens is 1. The Morgan fingerprint density at radius 3 is 2.53 bits per heavy atom. The van der Waals surface area contributed by atoms with E-state index in [2.05, 4.69) is 54.0 Å². The van der Waals surface area contributed by atoms with Gasteiger partial charge in [0.2, 0.25) is 5.13 Å². The molecule has 2 aliphatic rings. The highest BCUT2D eigenvalue weighted by Gasteiger charge is 2.30. The highest BCUT2D eigenvalue weighted by molar-refractivity contribution is 7.18. The third kappa shape index (κ3) is 4.39. The quantitative estimate of drug-likeness (QED) is 0.309. The maximum absolute atomic E-state index is 13.7. The summed E-state index contributed by atoms with van der Waals surface area (Å²) in [5.74, 6) is 0.646. The summed E-state index contributed by atoms with van der Waals surface area (Å²) in [6.45, 7) is 3.89. The summed E-state index contributed by atoms with van der Waals surface area (Å²) in [6.07, 6.45) is 5.81. The van der Waals surface area contributed by atoms with Crippen molar-refractivity contribution in [1.82, 2.24) is 29.6 Å². The van der Waals surface area contributed by atoms with Crippen molar-refractivity contribution in [2.75, 3.05) is 43.4 Å². The first kappa shape index (κ1) is 23.2. The van der Waals surface area contributed by atoms with E-state index in [1.807, 2.05) is 24.3 Å². The van der Waals surface area contributed by atoms with Crippen LogP contribution in [0.1, 0.15) is 18.9 Å². The number of rotatable bonds is 6. The fourth-order valence-electron chi connectivity index (χ4n) is 5.04. The molecule has 0 atom stereocenters. The lowest BCUT2D eigenvalue weighted by Crippen LogP contribution is -2.44. The number of imidazole rings is 1. The lowest BCUT2D eigenvalue weighted by Gasteiger charge is -2.35. The minimum atomic E-state index is -0.241. The standard InChI is InChI=1S/C28H27FN8S/c1-35-11-13-36(14-12-35)24-16-25-23(31-26(37(25)21-8-9-21)18-4-6-20(29)7-5-18)15-22(24)32-28-34-33-27(38-28)19-3-2-10-30-17-19/h2-7,10,15-17,21H,8-9,11-14H2,1H3,(H,32,34). The van der Waals surface area contributed by atoms with Crippen LogP contribution in [0.25, 0.3) is 33.0 Å². The average molecular weight is 527 g/mol. The number of fused-ring (bicyclic) bond motifs is 1. The summed E-state index contributed by atoms with van der Waals surface area (Å²) >= 11 is 1.50. The molecule has 1 saturated carbocycles. The second kappa shape index (κ2) is 9.45. The minimum absolute atomic E-state index is 0.241. The number of benzene rings is 2. The van der Waals surface area contributed by atoms with E-state index in [-0.39, 0.29) is 5.82 Å². The van der Waals surface area contributed by atoms with Gasteiger partial charge in [-0.2, -0.15) is 0 Å². The third-order valence-electron chi connectivity index (χ3n) is 7.24. The molecule has 2 fully saturated rings. The molecule has 0 bridgehead atoms. The molecule has 0 spiro atoms. The summed E-state index contributed by atoms with van der Waals surface area (Å²) in [5.41, 5.74) is 5.99. The van der Waals surface area contributed by atoms with E-state index in [1.54, 1.807) is 12.4 Å². The zero-order valence-corrected chi connectivity index (χ0v) is 21.8. The number of anilines is 3.